The van der Waals surface area contributed by atoms with E-state index in [1.54, 1.807) is 0 Å². The molecule has 0 aliphatic heterocycles. The summed E-state index contributed by atoms with van der Waals surface area (Å²) in [5, 5.41) is 2.65. The maximum atomic E-state index is 13.3. The second-order valence-electron chi connectivity index (χ2n) is 4.24. The van der Waals surface area contributed by atoms with Gasteiger partial charge in [-0.05, 0) is 47.0 Å². The SMILES string of the molecule is O=C(CNS(=O)(=O)c1ccc(Br)c(F)c1)NC1CC1. The first-order valence-corrected chi connectivity index (χ1v) is 7.90. The van der Waals surface area contributed by atoms with Crippen LogP contribution in [0.3, 0.4) is 0 Å². The van der Waals surface area contributed by atoms with Gasteiger partial charge in [-0.1, -0.05) is 0 Å². The van der Waals surface area contributed by atoms with Crippen LogP contribution in [0.1, 0.15) is 12.8 Å². The highest BCUT2D eigenvalue weighted by Gasteiger charge is 2.24. The lowest BCUT2D eigenvalue weighted by Gasteiger charge is -2.07. The number of nitrogens with one attached hydrogen (secondary N) is 2. The van der Waals surface area contributed by atoms with Gasteiger partial charge >= 0.3 is 0 Å². The van der Waals surface area contributed by atoms with Gasteiger partial charge in [0.25, 0.3) is 0 Å². The third-order valence-corrected chi connectivity index (χ3v) is 4.61. The highest BCUT2D eigenvalue weighted by Crippen LogP contribution is 2.19. The molecule has 0 unspecified atom stereocenters. The molecule has 1 aromatic rings. The van der Waals surface area contributed by atoms with E-state index in [0.29, 0.717) is 0 Å². The maximum absolute atomic E-state index is 13.3. The van der Waals surface area contributed by atoms with Crippen molar-refractivity contribution in [2.75, 3.05) is 6.54 Å². The molecule has 1 aliphatic rings. The topological polar surface area (TPSA) is 75.3 Å². The Morgan fingerprint density at radius 3 is 2.68 bits per heavy atom. The zero-order valence-electron chi connectivity index (χ0n) is 9.82. The summed E-state index contributed by atoms with van der Waals surface area (Å²) in [5.41, 5.74) is 0. The van der Waals surface area contributed by atoms with Crippen LogP contribution in [0.25, 0.3) is 0 Å². The van der Waals surface area contributed by atoms with E-state index in [2.05, 4.69) is 26.0 Å². The molecule has 1 fully saturated rings. The van der Waals surface area contributed by atoms with Crippen LogP contribution in [-0.4, -0.2) is 26.9 Å². The molecule has 1 saturated carbocycles. The van der Waals surface area contributed by atoms with E-state index in [1.165, 1.54) is 12.1 Å². The Morgan fingerprint density at radius 1 is 1.42 bits per heavy atom. The molecule has 8 heteroatoms. The summed E-state index contributed by atoms with van der Waals surface area (Å²) < 4.78 is 39.2. The van der Waals surface area contributed by atoms with Gasteiger partial charge in [0.2, 0.25) is 15.9 Å². The van der Waals surface area contributed by atoms with Crippen LogP contribution in [0.2, 0.25) is 0 Å². The van der Waals surface area contributed by atoms with Crippen molar-refractivity contribution in [1.82, 2.24) is 10.0 Å². The molecule has 2 rings (SSSR count). The van der Waals surface area contributed by atoms with Gasteiger partial charge in [0.05, 0.1) is 15.9 Å². The molecule has 0 radical (unpaired) electrons. The summed E-state index contributed by atoms with van der Waals surface area (Å²) in [4.78, 5) is 11.2. The number of carbonyl (C=O) groups is 1. The fourth-order valence-electron chi connectivity index (χ4n) is 1.39. The van der Waals surface area contributed by atoms with Gasteiger partial charge < -0.3 is 5.32 Å². The minimum atomic E-state index is -3.88. The second-order valence-corrected chi connectivity index (χ2v) is 6.86. The zero-order chi connectivity index (χ0) is 14.0. The quantitative estimate of drug-likeness (QED) is 0.836. The molecule has 0 saturated heterocycles. The first kappa shape index (κ1) is 14.4. The number of amides is 1. The van der Waals surface area contributed by atoms with Crippen molar-refractivity contribution in [3.05, 3.63) is 28.5 Å². The molecule has 104 valence electrons. The monoisotopic (exact) mass is 350 g/mol. The van der Waals surface area contributed by atoms with Crippen LogP contribution in [0.4, 0.5) is 4.39 Å². The van der Waals surface area contributed by atoms with Crippen molar-refractivity contribution in [3.63, 3.8) is 0 Å². The highest BCUT2D eigenvalue weighted by molar-refractivity contribution is 9.10. The fourth-order valence-corrected chi connectivity index (χ4v) is 2.63. The molecule has 19 heavy (non-hydrogen) atoms. The predicted molar refractivity (Wildman–Crippen MR) is 70.5 cm³/mol. The van der Waals surface area contributed by atoms with E-state index < -0.39 is 15.8 Å². The van der Waals surface area contributed by atoms with Gasteiger partial charge in [0.15, 0.2) is 0 Å². The summed E-state index contributed by atoms with van der Waals surface area (Å²) in [6.45, 7) is -0.351. The van der Waals surface area contributed by atoms with E-state index in [-0.39, 0.29) is 27.9 Å². The van der Waals surface area contributed by atoms with Crippen LogP contribution < -0.4 is 10.0 Å². The number of hydrogen-bond donors (Lipinski definition) is 2. The van der Waals surface area contributed by atoms with Crippen molar-refractivity contribution in [2.45, 2.75) is 23.8 Å². The highest BCUT2D eigenvalue weighted by atomic mass is 79.9. The molecule has 0 bridgehead atoms. The van der Waals surface area contributed by atoms with Crippen LogP contribution >= 0.6 is 15.9 Å². The smallest absolute Gasteiger partial charge is 0.241 e. The Balaban J connectivity index is 2.00. The molecule has 0 atom stereocenters. The number of halogens is 2. The zero-order valence-corrected chi connectivity index (χ0v) is 12.2. The van der Waals surface area contributed by atoms with E-state index >= 15 is 0 Å². The van der Waals surface area contributed by atoms with Gasteiger partial charge in [0.1, 0.15) is 5.82 Å². The number of rotatable bonds is 5. The van der Waals surface area contributed by atoms with Gasteiger partial charge in [-0.3, -0.25) is 4.79 Å². The van der Waals surface area contributed by atoms with Crippen molar-refractivity contribution < 1.29 is 17.6 Å². The lowest BCUT2D eigenvalue weighted by Crippen LogP contribution is -2.37. The Kier molecular flexibility index (Phi) is 4.22. The van der Waals surface area contributed by atoms with Crippen molar-refractivity contribution in [2.24, 2.45) is 0 Å². The average molecular weight is 351 g/mol. The summed E-state index contributed by atoms with van der Waals surface area (Å²) in [6, 6.07) is 3.62. The number of carbonyl (C=O) groups excluding carboxylic acids is 1. The normalized spacial score (nSPS) is 15.3. The number of hydrogen-bond acceptors (Lipinski definition) is 3. The Labute approximate surface area is 118 Å². The molecule has 2 N–H and O–H groups in total. The molecular weight excluding hydrogens is 339 g/mol. The van der Waals surface area contributed by atoms with E-state index in [1.807, 2.05) is 0 Å². The predicted octanol–water partition coefficient (Wildman–Crippen LogP) is 1.15. The van der Waals surface area contributed by atoms with Gasteiger partial charge in [-0.15, -0.1) is 0 Å². The summed E-state index contributed by atoms with van der Waals surface area (Å²) in [7, 11) is -3.88. The average Bonchev–Trinajstić information content (AvgIpc) is 3.14. The molecule has 0 spiro atoms. The summed E-state index contributed by atoms with van der Waals surface area (Å²) in [5.74, 6) is -1.06. The fraction of sp³-hybridized carbons (Fsp3) is 0.364. The first-order valence-electron chi connectivity index (χ1n) is 5.62. The molecule has 0 heterocycles. The Hall–Kier alpha value is -0.990. The van der Waals surface area contributed by atoms with Crippen molar-refractivity contribution >= 4 is 31.9 Å². The largest absolute Gasteiger partial charge is 0.352 e. The third-order valence-electron chi connectivity index (χ3n) is 2.57. The van der Waals surface area contributed by atoms with Crippen LogP contribution in [0, 0.1) is 5.82 Å². The van der Waals surface area contributed by atoms with Gasteiger partial charge in [-0.25, -0.2) is 17.5 Å². The Bertz CT molecular complexity index is 602. The lowest BCUT2D eigenvalue weighted by molar-refractivity contribution is -0.120. The van der Waals surface area contributed by atoms with E-state index in [4.69, 9.17) is 0 Å². The minimum absolute atomic E-state index is 0.169. The van der Waals surface area contributed by atoms with Crippen molar-refractivity contribution in [1.29, 1.82) is 0 Å². The minimum Gasteiger partial charge on any atom is -0.352 e. The Morgan fingerprint density at radius 2 is 2.11 bits per heavy atom. The molecular formula is C11H12BrFN2O3S. The molecule has 1 aliphatic carbocycles. The third kappa shape index (κ3) is 3.99. The van der Waals surface area contributed by atoms with Gasteiger partial charge in [0, 0.05) is 6.04 Å². The maximum Gasteiger partial charge on any atom is 0.241 e. The number of benzene rings is 1. The molecule has 1 aromatic carbocycles. The standard InChI is InChI=1S/C11H12BrFN2O3S/c12-9-4-3-8(5-10(9)13)19(17,18)14-6-11(16)15-7-1-2-7/h3-5,7,14H,1-2,6H2,(H,15,16). The van der Waals surface area contributed by atoms with Crippen molar-refractivity contribution in [3.8, 4) is 0 Å². The lowest BCUT2D eigenvalue weighted by atomic mass is 10.3. The second kappa shape index (κ2) is 5.56. The number of sulfonamides is 1. The van der Waals surface area contributed by atoms with Gasteiger partial charge in [-0.2, -0.15) is 0 Å². The summed E-state index contributed by atoms with van der Waals surface area (Å²) >= 11 is 2.94. The van der Waals surface area contributed by atoms with Crippen LogP contribution in [0.5, 0.6) is 0 Å². The molecule has 0 aromatic heterocycles. The van der Waals surface area contributed by atoms with E-state index in [0.717, 1.165) is 18.9 Å². The van der Waals surface area contributed by atoms with Crippen LogP contribution in [-0.2, 0) is 14.8 Å². The summed E-state index contributed by atoms with van der Waals surface area (Å²) in [6.07, 6.45) is 1.85. The van der Waals surface area contributed by atoms with Crippen LogP contribution in [0.15, 0.2) is 27.6 Å². The first-order chi connectivity index (χ1) is 8.88. The van der Waals surface area contributed by atoms with E-state index in [9.17, 15) is 17.6 Å². The molecule has 5 nitrogen and oxygen atoms in total. The molecule has 1 amide bonds.